The van der Waals surface area contributed by atoms with Crippen LogP contribution >= 0.6 is 0 Å². The maximum atomic E-state index is 12.8. The second-order valence-electron chi connectivity index (χ2n) is 8.66. The smallest absolute Gasteiger partial charge is 0.253 e. The van der Waals surface area contributed by atoms with Crippen molar-refractivity contribution in [2.75, 3.05) is 38.2 Å². The first-order valence-corrected chi connectivity index (χ1v) is 10.8. The SMILES string of the molecule is CCOCCCNC(=O)c1ccccc1NC(=O)C1CCN(C(=O)C(C)(C)C)CC1. The molecule has 2 rings (SSSR count). The van der Waals surface area contributed by atoms with Gasteiger partial charge in [-0.25, -0.2) is 0 Å². The van der Waals surface area contributed by atoms with Crippen LogP contribution in [0.25, 0.3) is 0 Å². The maximum absolute atomic E-state index is 12.8. The van der Waals surface area contributed by atoms with Gasteiger partial charge in [0.15, 0.2) is 0 Å². The standard InChI is InChI=1S/C23H35N3O4/c1-5-30-16-8-13-24-21(28)18-9-6-7-10-19(18)25-20(27)17-11-14-26(15-12-17)22(29)23(2,3)4/h6-7,9-10,17H,5,8,11-16H2,1-4H3,(H,24,28)(H,25,27). The highest BCUT2D eigenvalue weighted by atomic mass is 16.5. The first kappa shape index (κ1) is 23.9. The number of carbonyl (C=O) groups excluding carboxylic acids is 3. The van der Waals surface area contributed by atoms with Gasteiger partial charge in [0.05, 0.1) is 11.3 Å². The second kappa shape index (κ2) is 11.1. The second-order valence-corrected chi connectivity index (χ2v) is 8.66. The van der Waals surface area contributed by atoms with E-state index in [1.54, 1.807) is 24.3 Å². The molecule has 1 saturated heterocycles. The number of carbonyl (C=O) groups is 3. The Bertz CT molecular complexity index is 734. The van der Waals surface area contributed by atoms with Gasteiger partial charge < -0.3 is 20.3 Å². The van der Waals surface area contributed by atoms with E-state index in [1.807, 2.05) is 32.6 Å². The molecule has 1 aliphatic rings. The number of amides is 3. The molecule has 7 heteroatoms. The van der Waals surface area contributed by atoms with Crippen LogP contribution in [0.1, 0.15) is 57.3 Å². The Labute approximate surface area is 179 Å². The summed E-state index contributed by atoms with van der Waals surface area (Å²) in [6, 6.07) is 7.02. The van der Waals surface area contributed by atoms with Crippen molar-refractivity contribution in [3.05, 3.63) is 29.8 Å². The van der Waals surface area contributed by atoms with Crippen LogP contribution in [0.3, 0.4) is 0 Å². The van der Waals surface area contributed by atoms with E-state index in [2.05, 4.69) is 10.6 Å². The Morgan fingerprint density at radius 1 is 1.13 bits per heavy atom. The van der Waals surface area contributed by atoms with Crippen LogP contribution in [0.4, 0.5) is 5.69 Å². The Morgan fingerprint density at radius 2 is 1.80 bits per heavy atom. The third-order valence-corrected chi connectivity index (χ3v) is 5.18. The van der Waals surface area contributed by atoms with Crippen molar-refractivity contribution in [2.45, 2.75) is 47.0 Å². The molecule has 0 aromatic heterocycles. The minimum Gasteiger partial charge on any atom is -0.382 e. The first-order chi connectivity index (χ1) is 14.2. The lowest BCUT2D eigenvalue weighted by atomic mass is 9.90. The first-order valence-electron chi connectivity index (χ1n) is 10.8. The summed E-state index contributed by atoms with van der Waals surface area (Å²) in [6.07, 6.45) is 1.98. The van der Waals surface area contributed by atoms with Crippen molar-refractivity contribution in [1.29, 1.82) is 0 Å². The van der Waals surface area contributed by atoms with Gasteiger partial charge >= 0.3 is 0 Å². The summed E-state index contributed by atoms with van der Waals surface area (Å²) in [5, 5.41) is 5.79. The number of hydrogen-bond acceptors (Lipinski definition) is 4. The number of nitrogens with zero attached hydrogens (tertiary/aromatic N) is 1. The highest BCUT2D eigenvalue weighted by Crippen LogP contribution is 2.25. The number of para-hydroxylation sites is 1. The zero-order valence-corrected chi connectivity index (χ0v) is 18.6. The molecule has 0 bridgehead atoms. The van der Waals surface area contributed by atoms with Crippen molar-refractivity contribution in [3.8, 4) is 0 Å². The lowest BCUT2D eigenvalue weighted by molar-refractivity contribution is -0.142. The van der Waals surface area contributed by atoms with Crippen molar-refractivity contribution in [1.82, 2.24) is 10.2 Å². The van der Waals surface area contributed by atoms with Crippen molar-refractivity contribution < 1.29 is 19.1 Å². The molecule has 0 saturated carbocycles. The van der Waals surface area contributed by atoms with Crippen LogP contribution < -0.4 is 10.6 Å². The van der Waals surface area contributed by atoms with Gasteiger partial charge in [0.1, 0.15) is 0 Å². The lowest BCUT2D eigenvalue weighted by Gasteiger charge is -2.35. The predicted octanol–water partition coefficient (Wildman–Crippen LogP) is 3.07. The number of hydrogen-bond donors (Lipinski definition) is 2. The molecule has 7 nitrogen and oxygen atoms in total. The third kappa shape index (κ3) is 6.83. The van der Waals surface area contributed by atoms with E-state index < -0.39 is 5.41 Å². The van der Waals surface area contributed by atoms with E-state index in [4.69, 9.17) is 4.74 Å². The summed E-state index contributed by atoms with van der Waals surface area (Å²) < 4.78 is 5.27. The molecule has 1 aromatic rings. The van der Waals surface area contributed by atoms with Crippen LogP contribution in [-0.4, -0.2) is 55.5 Å². The fourth-order valence-electron chi connectivity index (χ4n) is 3.46. The number of benzene rings is 1. The topological polar surface area (TPSA) is 87.7 Å². The third-order valence-electron chi connectivity index (χ3n) is 5.18. The fraction of sp³-hybridized carbons (Fsp3) is 0.609. The predicted molar refractivity (Wildman–Crippen MR) is 117 cm³/mol. The summed E-state index contributed by atoms with van der Waals surface area (Å²) in [7, 11) is 0. The molecule has 3 amide bonds. The van der Waals surface area contributed by atoms with Crippen molar-refractivity contribution in [3.63, 3.8) is 0 Å². The average molecular weight is 418 g/mol. The average Bonchev–Trinajstić information content (AvgIpc) is 2.72. The molecule has 0 aliphatic carbocycles. The number of likely N-dealkylation sites (tertiary alicyclic amines) is 1. The Kier molecular flexibility index (Phi) is 8.84. The van der Waals surface area contributed by atoms with Gasteiger partial charge in [-0.1, -0.05) is 32.9 Å². The highest BCUT2D eigenvalue weighted by molar-refractivity contribution is 6.04. The van der Waals surface area contributed by atoms with Crippen LogP contribution in [0.15, 0.2) is 24.3 Å². The molecule has 0 spiro atoms. The number of piperidine rings is 1. The quantitative estimate of drug-likeness (QED) is 0.637. The van der Waals surface area contributed by atoms with E-state index >= 15 is 0 Å². The van der Waals surface area contributed by atoms with E-state index in [0.29, 0.717) is 56.9 Å². The molecule has 0 atom stereocenters. The molecule has 1 aliphatic heterocycles. The Hall–Kier alpha value is -2.41. The number of nitrogens with one attached hydrogen (secondary N) is 2. The zero-order valence-electron chi connectivity index (χ0n) is 18.6. The number of rotatable bonds is 8. The van der Waals surface area contributed by atoms with Gasteiger partial charge in [0, 0.05) is 44.2 Å². The molecule has 30 heavy (non-hydrogen) atoms. The Balaban J connectivity index is 1.90. The summed E-state index contributed by atoms with van der Waals surface area (Å²) in [6.45, 7) is 10.6. The molecular formula is C23H35N3O4. The monoisotopic (exact) mass is 417 g/mol. The van der Waals surface area contributed by atoms with Gasteiger partial charge in [0.2, 0.25) is 11.8 Å². The Morgan fingerprint density at radius 3 is 2.43 bits per heavy atom. The molecule has 0 radical (unpaired) electrons. The lowest BCUT2D eigenvalue weighted by Crippen LogP contribution is -2.45. The van der Waals surface area contributed by atoms with Crippen molar-refractivity contribution in [2.24, 2.45) is 11.3 Å². The van der Waals surface area contributed by atoms with Crippen LogP contribution in [0, 0.1) is 11.3 Å². The van der Waals surface area contributed by atoms with Gasteiger partial charge in [-0.2, -0.15) is 0 Å². The zero-order chi connectivity index (χ0) is 22.1. The molecule has 166 valence electrons. The number of ether oxygens (including phenoxy) is 1. The van der Waals surface area contributed by atoms with Gasteiger partial charge in [-0.15, -0.1) is 0 Å². The summed E-state index contributed by atoms with van der Waals surface area (Å²) in [5.74, 6) is -0.369. The molecule has 2 N–H and O–H groups in total. The van der Waals surface area contributed by atoms with Crippen LogP contribution in [0.2, 0.25) is 0 Å². The van der Waals surface area contributed by atoms with E-state index in [9.17, 15) is 14.4 Å². The number of anilines is 1. The van der Waals surface area contributed by atoms with Gasteiger partial charge in [-0.05, 0) is 38.3 Å². The van der Waals surface area contributed by atoms with E-state index in [1.165, 1.54) is 0 Å². The van der Waals surface area contributed by atoms with Gasteiger partial charge in [0.25, 0.3) is 5.91 Å². The molecule has 0 unspecified atom stereocenters. The van der Waals surface area contributed by atoms with Crippen molar-refractivity contribution >= 4 is 23.4 Å². The minimum atomic E-state index is -0.413. The van der Waals surface area contributed by atoms with E-state index in [-0.39, 0.29) is 23.6 Å². The molecule has 1 heterocycles. The summed E-state index contributed by atoms with van der Waals surface area (Å²) >= 11 is 0. The fourth-order valence-corrected chi connectivity index (χ4v) is 3.46. The largest absolute Gasteiger partial charge is 0.382 e. The normalized spacial score (nSPS) is 15.0. The molecule has 1 aromatic carbocycles. The van der Waals surface area contributed by atoms with E-state index in [0.717, 1.165) is 6.42 Å². The minimum absolute atomic E-state index is 0.102. The van der Waals surface area contributed by atoms with Crippen LogP contribution in [-0.2, 0) is 14.3 Å². The molecule has 1 fully saturated rings. The maximum Gasteiger partial charge on any atom is 0.253 e. The summed E-state index contributed by atoms with van der Waals surface area (Å²) in [4.78, 5) is 39.6. The molecular weight excluding hydrogens is 382 g/mol. The summed E-state index contributed by atoms with van der Waals surface area (Å²) in [5.41, 5.74) is 0.546. The van der Waals surface area contributed by atoms with Gasteiger partial charge in [-0.3, -0.25) is 14.4 Å². The highest BCUT2D eigenvalue weighted by Gasteiger charge is 2.32. The van der Waals surface area contributed by atoms with Crippen LogP contribution in [0.5, 0.6) is 0 Å².